The normalized spacial score (nSPS) is 21.9. The van der Waals surface area contributed by atoms with Crippen LogP contribution in [0.3, 0.4) is 0 Å². The van der Waals surface area contributed by atoms with E-state index in [0.717, 1.165) is 12.0 Å². The number of carbonyl (C=O) groups excluding carboxylic acids is 2. The molecule has 0 spiro atoms. The molecule has 0 aromatic heterocycles. The summed E-state index contributed by atoms with van der Waals surface area (Å²) < 4.78 is 10.4. The Hall–Kier alpha value is -2.10. The monoisotopic (exact) mass is 316 g/mol. The minimum atomic E-state index is -1.17. The maximum atomic E-state index is 12.5. The molecule has 4 nitrogen and oxygen atoms in total. The Morgan fingerprint density at radius 2 is 1.61 bits per heavy atom. The zero-order chi connectivity index (χ0) is 16.9. The van der Waals surface area contributed by atoms with E-state index in [9.17, 15) is 9.59 Å². The number of carbonyl (C=O) groups is 2. The third-order valence-corrected chi connectivity index (χ3v) is 4.40. The second kappa shape index (κ2) is 7.44. The average Bonchev–Trinajstić information content (AvgIpc) is 3.23. The van der Waals surface area contributed by atoms with Crippen LogP contribution in [-0.4, -0.2) is 25.2 Å². The number of allylic oxidation sites excluding steroid dienone is 1. The number of rotatable bonds is 7. The lowest BCUT2D eigenvalue weighted by Crippen LogP contribution is -2.33. The largest absolute Gasteiger partial charge is 0.465 e. The van der Waals surface area contributed by atoms with E-state index in [1.165, 1.54) is 0 Å². The van der Waals surface area contributed by atoms with E-state index in [2.05, 4.69) is 0 Å². The van der Waals surface area contributed by atoms with Crippen LogP contribution in [0.4, 0.5) is 0 Å². The summed E-state index contributed by atoms with van der Waals surface area (Å²) in [7, 11) is 0. The molecule has 23 heavy (non-hydrogen) atoms. The SMILES string of the molecule is CCOC(=O)C1(C(=O)OCC)[C@@H](/C=C/c2ccccc2)[C@@H]1CC. The highest BCUT2D eigenvalue weighted by atomic mass is 16.6. The third kappa shape index (κ3) is 3.16. The maximum Gasteiger partial charge on any atom is 0.324 e. The molecule has 0 saturated heterocycles. The van der Waals surface area contributed by atoms with E-state index >= 15 is 0 Å². The summed E-state index contributed by atoms with van der Waals surface area (Å²) in [5.41, 5.74) is -0.137. The second-order valence-electron chi connectivity index (χ2n) is 5.62. The lowest BCUT2D eigenvalue weighted by atomic mass is 10.0. The summed E-state index contributed by atoms with van der Waals surface area (Å²) in [6.45, 7) is 5.98. The van der Waals surface area contributed by atoms with Gasteiger partial charge in [0.05, 0.1) is 13.2 Å². The summed E-state index contributed by atoms with van der Waals surface area (Å²) in [5.74, 6) is -1.17. The molecular formula is C19H24O4. The van der Waals surface area contributed by atoms with Gasteiger partial charge >= 0.3 is 11.9 Å². The molecule has 0 heterocycles. The summed E-state index contributed by atoms with van der Waals surface area (Å²) >= 11 is 0. The molecule has 1 fully saturated rings. The van der Waals surface area contributed by atoms with Gasteiger partial charge in [0, 0.05) is 5.92 Å². The predicted octanol–water partition coefficient (Wildman–Crippen LogP) is 3.47. The first-order valence-electron chi connectivity index (χ1n) is 8.20. The number of benzene rings is 1. The molecule has 0 amide bonds. The van der Waals surface area contributed by atoms with Gasteiger partial charge in [-0.15, -0.1) is 0 Å². The standard InChI is InChI=1S/C19H24O4/c1-4-15-16(13-12-14-10-8-7-9-11-14)19(15,17(20)22-5-2)18(21)23-6-3/h7-13,15-16H,4-6H2,1-3H3/b13-12+/t15-,16-/m0/s1. The van der Waals surface area contributed by atoms with Gasteiger partial charge in [-0.25, -0.2) is 0 Å². The van der Waals surface area contributed by atoms with Crippen molar-refractivity contribution < 1.29 is 19.1 Å². The van der Waals surface area contributed by atoms with E-state index in [1.54, 1.807) is 13.8 Å². The van der Waals surface area contributed by atoms with Crippen molar-refractivity contribution in [1.82, 2.24) is 0 Å². The topological polar surface area (TPSA) is 52.6 Å². The van der Waals surface area contributed by atoms with Crippen molar-refractivity contribution in [3.63, 3.8) is 0 Å². The molecule has 4 heteroatoms. The van der Waals surface area contributed by atoms with Crippen LogP contribution in [0.25, 0.3) is 6.08 Å². The smallest absolute Gasteiger partial charge is 0.324 e. The molecule has 1 aromatic rings. The minimum Gasteiger partial charge on any atom is -0.465 e. The van der Waals surface area contributed by atoms with Crippen LogP contribution >= 0.6 is 0 Å². The lowest BCUT2D eigenvalue weighted by Gasteiger charge is -2.14. The molecule has 0 aliphatic heterocycles. The summed E-state index contributed by atoms with van der Waals surface area (Å²) in [4.78, 5) is 25.0. The van der Waals surface area contributed by atoms with Gasteiger partial charge in [-0.3, -0.25) is 9.59 Å². The summed E-state index contributed by atoms with van der Waals surface area (Å²) in [6, 6.07) is 9.82. The zero-order valence-electron chi connectivity index (χ0n) is 14.0. The van der Waals surface area contributed by atoms with Gasteiger partial charge in [0.15, 0.2) is 5.41 Å². The van der Waals surface area contributed by atoms with Crippen LogP contribution in [-0.2, 0) is 19.1 Å². The van der Waals surface area contributed by atoms with Crippen LogP contribution in [0.2, 0.25) is 0 Å². The van der Waals surface area contributed by atoms with E-state index in [-0.39, 0.29) is 25.0 Å². The van der Waals surface area contributed by atoms with Crippen LogP contribution in [0.1, 0.15) is 32.8 Å². The Labute approximate surface area is 137 Å². The molecular weight excluding hydrogens is 292 g/mol. The molecule has 1 saturated carbocycles. The van der Waals surface area contributed by atoms with E-state index in [0.29, 0.717) is 0 Å². The molecule has 124 valence electrons. The molecule has 0 unspecified atom stereocenters. The fraction of sp³-hybridized carbons (Fsp3) is 0.474. The Morgan fingerprint density at radius 3 is 2.09 bits per heavy atom. The van der Waals surface area contributed by atoms with Gasteiger partial charge in [-0.05, 0) is 25.3 Å². The van der Waals surface area contributed by atoms with Gasteiger partial charge in [0.25, 0.3) is 0 Å². The first-order chi connectivity index (χ1) is 11.1. The van der Waals surface area contributed by atoms with Crippen molar-refractivity contribution >= 4 is 18.0 Å². The van der Waals surface area contributed by atoms with E-state index < -0.39 is 17.4 Å². The zero-order valence-corrected chi connectivity index (χ0v) is 14.0. The minimum absolute atomic E-state index is 0.0689. The van der Waals surface area contributed by atoms with Gasteiger partial charge in [0.1, 0.15) is 0 Å². The van der Waals surface area contributed by atoms with E-state index in [1.807, 2.05) is 49.4 Å². The molecule has 0 radical (unpaired) electrons. The van der Waals surface area contributed by atoms with E-state index in [4.69, 9.17) is 9.47 Å². The Kier molecular flexibility index (Phi) is 5.59. The quantitative estimate of drug-likeness (QED) is 0.571. The second-order valence-corrected chi connectivity index (χ2v) is 5.62. The van der Waals surface area contributed by atoms with Gasteiger partial charge in [0.2, 0.25) is 0 Å². The third-order valence-electron chi connectivity index (χ3n) is 4.40. The molecule has 0 bridgehead atoms. The predicted molar refractivity (Wildman–Crippen MR) is 88.4 cm³/mol. The lowest BCUT2D eigenvalue weighted by molar-refractivity contribution is -0.165. The van der Waals surface area contributed by atoms with Gasteiger partial charge < -0.3 is 9.47 Å². The van der Waals surface area contributed by atoms with Crippen molar-refractivity contribution in [2.24, 2.45) is 17.3 Å². The van der Waals surface area contributed by atoms with Crippen molar-refractivity contribution in [1.29, 1.82) is 0 Å². The highest BCUT2D eigenvalue weighted by Crippen LogP contribution is 2.63. The van der Waals surface area contributed by atoms with Crippen LogP contribution in [0, 0.1) is 17.3 Å². The molecule has 0 N–H and O–H groups in total. The van der Waals surface area contributed by atoms with Crippen LogP contribution < -0.4 is 0 Å². The van der Waals surface area contributed by atoms with Crippen molar-refractivity contribution in [3.8, 4) is 0 Å². The number of hydrogen-bond acceptors (Lipinski definition) is 4. The molecule has 2 atom stereocenters. The first-order valence-corrected chi connectivity index (χ1v) is 8.20. The number of esters is 2. The molecule has 1 aliphatic rings. The van der Waals surface area contributed by atoms with Gasteiger partial charge in [-0.1, -0.05) is 55.8 Å². The fourth-order valence-corrected chi connectivity index (χ4v) is 3.29. The maximum absolute atomic E-state index is 12.5. The summed E-state index contributed by atoms with van der Waals surface area (Å²) in [6.07, 6.45) is 4.62. The van der Waals surface area contributed by atoms with Crippen LogP contribution in [0.15, 0.2) is 36.4 Å². The Balaban J connectivity index is 2.28. The first kappa shape index (κ1) is 17.3. The van der Waals surface area contributed by atoms with Crippen molar-refractivity contribution in [2.45, 2.75) is 27.2 Å². The molecule has 1 aromatic carbocycles. The fourth-order valence-electron chi connectivity index (χ4n) is 3.29. The van der Waals surface area contributed by atoms with Gasteiger partial charge in [-0.2, -0.15) is 0 Å². The average molecular weight is 316 g/mol. The van der Waals surface area contributed by atoms with Crippen molar-refractivity contribution in [3.05, 3.63) is 42.0 Å². The number of ether oxygens (including phenoxy) is 2. The Bertz CT molecular complexity index is 558. The molecule has 2 rings (SSSR count). The highest BCUT2D eigenvalue weighted by Gasteiger charge is 2.74. The van der Waals surface area contributed by atoms with Crippen LogP contribution in [0.5, 0.6) is 0 Å². The Morgan fingerprint density at radius 1 is 1.04 bits per heavy atom. The number of hydrogen-bond donors (Lipinski definition) is 0. The molecule has 1 aliphatic carbocycles. The van der Waals surface area contributed by atoms with Crippen molar-refractivity contribution in [2.75, 3.05) is 13.2 Å². The summed E-state index contributed by atoms with van der Waals surface area (Å²) in [5, 5.41) is 0. The highest BCUT2D eigenvalue weighted by molar-refractivity contribution is 6.05.